The number of hydrogen-bond donors (Lipinski definition) is 1. The van der Waals surface area contributed by atoms with Gasteiger partial charge in [-0.2, -0.15) is 0 Å². The number of halogens is 1. The fourth-order valence-electron chi connectivity index (χ4n) is 2.25. The summed E-state index contributed by atoms with van der Waals surface area (Å²) in [4.78, 5) is 11.8. The van der Waals surface area contributed by atoms with Gasteiger partial charge in [-0.3, -0.25) is 4.79 Å². The van der Waals surface area contributed by atoms with E-state index in [-0.39, 0.29) is 5.97 Å². The minimum atomic E-state index is -0.655. The number of methoxy groups -OCH3 is 1. The molecule has 1 saturated carbocycles. The molecule has 0 atom stereocenters. The Morgan fingerprint density at radius 2 is 2.25 bits per heavy atom. The van der Waals surface area contributed by atoms with Crippen molar-refractivity contribution in [2.24, 2.45) is 0 Å². The summed E-state index contributed by atoms with van der Waals surface area (Å²) < 4.78 is 5.76. The third-order valence-electron chi connectivity index (χ3n) is 3.12. The lowest BCUT2D eigenvalue weighted by molar-refractivity contribution is -0.156. The van der Waals surface area contributed by atoms with Crippen LogP contribution in [0.25, 0.3) is 0 Å². The van der Waals surface area contributed by atoms with Crippen LogP contribution in [0.1, 0.15) is 18.4 Å². The van der Waals surface area contributed by atoms with Crippen molar-refractivity contribution in [3.8, 4) is 0 Å². The average Bonchev–Trinajstić information content (AvgIpc) is 2.23. The lowest BCUT2D eigenvalue weighted by Crippen LogP contribution is -2.51. The predicted octanol–water partition coefficient (Wildman–Crippen LogP) is 2.01. The monoisotopic (exact) mass is 284 g/mol. The van der Waals surface area contributed by atoms with Crippen molar-refractivity contribution in [3.05, 3.63) is 34.3 Å². The Hall–Kier alpha value is -0.870. The smallest absolute Gasteiger partial charge is 0.316 e. The predicted molar refractivity (Wildman–Crippen MR) is 63.1 cm³/mol. The maximum Gasteiger partial charge on any atom is 0.316 e. The molecule has 1 aromatic carbocycles. The number of hydrogen-bond acceptors (Lipinski definition) is 3. The average molecular weight is 285 g/mol. The number of benzene rings is 1. The van der Waals surface area contributed by atoms with Crippen molar-refractivity contribution in [1.29, 1.82) is 0 Å². The van der Waals surface area contributed by atoms with Crippen molar-refractivity contribution in [2.45, 2.75) is 24.4 Å². The summed E-state index contributed by atoms with van der Waals surface area (Å²) in [6, 6.07) is 7.59. The van der Waals surface area contributed by atoms with Crippen molar-refractivity contribution in [3.63, 3.8) is 0 Å². The topological polar surface area (TPSA) is 46.5 Å². The van der Waals surface area contributed by atoms with Crippen LogP contribution in [0, 0.1) is 0 Å². The summed E-state index contributed by atoms with van der Waals surface area (Å²) in [7, 11) is 1.38. The Morgan fingerprint density at radius 3 is 2.75 bits per heavy atom. The van der Waals surface area contributed by atoms with Crippen LogP contribution < -0.4 is 0 Å². The van der Waals surface area contributed by atoms with Crippen LogP contribution in [0.3, 0.4) is 0 Å². The van der Waals surface area contributed by atoms with Gasteiger partial charge in [0.1, 0.15) is 0 Å². The highest BCUT2D eigenvalue weighted by atomic mass is 79.9. The zero-order valence-corrected chi connectivity index (χ0v) is 10.5. The fourth-order valence-corrected chi connectivity index (χ4v) is 2.65. The summed E-state index contributed by atoms with van der Waals surface area (Å²) in [6.45, 7) is 0. The molecule has 0 radical (unpaired) electrons. The van der Waals surface area contributed by atoms with Crippen LogP contribution in [0.4, 0.5) is 0 Å². The van der Waals surface area contributed by atoms with Gasteiger partial charge in [0.05, 0.1) is 18.6 Å². The van der Waals surface area contributed by atoms with Crippen molar-refractivity contribution in [2.75, 3.05) is 7.11 Å². The second-order valence-corrected chi connectivity index (χ2v) is 5.06. The molecule has 86 valence electrons. The van der Waals surface area contributed by atoms with Gasteiger partial charge in [-0.05, 0) is 30.5 Å². The number of carbonyl (C=O) groups excluding carboxylic acids is 1. The zero-order valence-electron chi connectivity index (χ0n) is 8.94. The molecule has 1 N–H and O–H groups in total. The van der Waals surface area contributed by atoms with Gasteiger partial charge < -0.3 is 9.84 Å². The fraction of sp³-hybridized carbons (Fsp3) is 0.417. The van der Waals surface area contributed by atoms with Crippen LogP contribution in [0.5, 0.6) is 0 Å². The Bertz CT molecular complexity index is 410. The number of rotatable bonds is 2. The molecule has 0 aliphatic heterocycles. The van der Waals surface area contributed by atoms with Gasteiger partial charge in [0.15, 0.2) is 0 Å². The van der Waals surface area contributed by atoms with E-state index in [1.165, 1.54) is 7.11 Å². The molecular formula is C12H13BrO3. The van der Waals surface area contributed by atoms with Crippen LogP contribution in [0.15, 0.2) is 28.7 Å². The molecule has 0 heterocycles. The van der Waals surface area contributed by atoms with Gasteiger partial charge in [0.25, 0.3) is 0 Å². The van der Waals surface area contributed by atoms with Gasteiger partial charge >= 0.3 is 5.97 Å². The van der Waals surface area contributed by atoms with E-state index < -0.39 is 11.5 Å². The Balaban J connectivity index is 2.37. The third kappa shape index (κ3) is 1.76. The number of aliphatic hydroxyl groups excluding tert-OH is 1. The minimum Gasteiger partial charge on any atom is -0.468 e. The summed E-state index contributed by atoms with van der Waals surface area (Å²) in [6.07, 6.45) is 0.477. The molecule has 1 aliphatic rings. The van der Waals surface area contributed by atoms with Crippen LogP contribution in [0.2, 0.25) is 0 Å². The summed E-state index contributed by atoms with van der Waals surface area (Å²) >= 11 is 3.38. The number of esters is 1. The number of carbonyl (C=O) groups is 1. The molecule has 1 fully saturated rings. The van der Waals surface area contributed by atoms with Crippen molar-refractivity contribution < 1.29 is 14.6 Å². The minimum absolute atomic E-state index is 0.268. The Morgan fingerprint density at radius 1 is 1.56 bits per heavy atom. The standard InChI is InChI=1S/C12H13BrO3/c1-16-11(15)12(6-10(14)7-12)8-3-2-4-9(13)5-8/h2-5,10,14H,6-7H2,1H3/t10-,12+. The summed E-state index contributed by atoms with van der Waals surface area (Å²) in [5.41, 5.74) is 0.247. The molecule has 2 rings (SSSR count). The second-order valence-electron chi connectivity index (χ2n) is 4.15. The van der Waals surface area contributed by atoms with E-state index in [2.05, 4.69) is 15.9 Å². The van der Waals surface area contributed by atoms with Gasteiger partial charge in [-0.1, -0.05) is 28.1 Å². The molecule has 4 heteroatoms. The van der Waals surface area contributed by atoms with E-state index in [9.17, 15) is 9.90 Å². The van der Waals surface area contributed by atoms with E-state index in [1.807, 2.05) is 24.3 Å². The summed E-state index contributed by atoms with van der Waals surface area (Å²) in [5, 5.41) is 9.44. The first-order valence-electron chi connectivity index (χ1n) is 5.11. The van der Waals surface area contributed by atoms with Gasteiger partial charge in [0.2, 0.25) is 0 Å². The number of aliphatic hydroxyl groups is 1. The number of ether oxygens (including phenoxy) is 1. The molecule has 1 aromatic rings. The maximum atomic E-state index is 11.8. The third-order valence-corrected chi connectivity index (χ3v) is 3.61. The molecule has 0 spiro atoms. The van der Waals surface area contributed by atoms with Gasteiger partial charge in [-0.15, -0.1) is 0 Å². The largest absolute Gasteiger partial charge is 0.468 e. The molecule has 0 amide bonds. The SMILES string of the molecule is COC(=O)[C@]1(c2cccc(Br)c2)C[C@H](O)C1. The van der Waals surface area contributed by atoms with Gasteiger partial charge in [-0.25, -0.2) is 0 Å². The first kappa shape index (κ1) is 11.6. The second kappa shape index (κ2) is 4.18. The zero-order chi connectivity index (χ0) is 11.8. The molecule has 0 bridgehead atoms. The molecule has 0 unspecified atom stereocenters. The lowest BCUT2D eigenvalue weighted by atomic mass is 9.63. The molecule has 0 aromatic heterocycles. The van der Waals surface area contributed by atoms with E-state index in [0.29, 0.717) is 12.8 Å². The molecule has 16 heavy (non-hydrogen) atoms. The highest BCUT2D eigenvalue weighted by Gasteiger charge is 2.52. The quantitative estimate of drug-likeness (QED) is 0.846. The van der Waals surface area contributed by atoms with Crippen LogP contribution >= 0.6 is 15.9 Å². The van der Waals surface area contributed by atoms with E-state index in [0.717, 1.165) is 10.0 Å². The first-order chi connectivity index (χ1) is 7.58. The van der Waals surface area contributed by atoms with E-state index in [4.69, 9.17) is 4.74 Å². The van der Waals surface area contributed by atoms with E-state index >= 15 is 0 Å². The molecular weight excluding hydrogens is 272 g/mol. The first-order valence-corrected chi connectivity index (χ1v) is 5.90. The molecule has 0 saturated heterocycles. The molecule has 1 aliphatic carbocycles. The highest BCUT2D eigenvalue weighted by molar-refractivity contribution is 9.10. The lowest BCUT2D eigenvalue weighted by Gasteiger charge is -2.43. The summed E-state index contributed by atoms with van der Waals surface area (Å²) in [5.74, 6) is -0.268. The van der Waals surface area contributed by atoms with Crippen molar-refractivity contribution >= 4 is 21.9 Å². The Kier molecular flexibility index (Phi) is 3.04. The van der Waals surface area contributed by atoms with Gasteiger partial charge in [0, 0.05) is 4.47 Å². The van der Waals surface area contributed by atoms with Crippen molar-refractivity contribution in [1.82, 2.24) is 0 Å². The highest BCUT2D eigenvalue weighted by Crippen LogP contribution is 2.45. The van der Waals surface area contributed by atoms with Crippen LogP contribution in [-0.4, -0.2) is 24.3 Å². The maximum absolute atomic E-state index is 11.8. The van der Waals surface area contributed by atoms with Crippen LogP contribution in [-0.2, 0) is 14.9 Å². The normalized spacial score (nSPS) is 28.3. The van der Waals surface area contributed by atoms with E-state index in [1.54, 1.807) is 0 Å². The Labute approximate surface area is 103 Å². The molecule has 3 nitrogen and oxygen atoms in total.